The van der Waals surface area contributed by atoms with E-state index in [1.54, 1.807) is 7.11 Å². The molecule has 4 nitrogen and oxygen atoms in total. The Morgan fingerprint density at radius 1 is 1.26 bits per heavy atom. The molecule has 0 aromatic heterocycles. The van der Waals surface area contributed by atoms with Gasteiger partial charge in [0.15, 0.2) is 0 Å². The summed E-state index contributed by atoms with van der Waals surface area (Å²) in [6.45, 7) is 3.41. The molecule has 0 unspecified atom stereocenters. The van der Waals surface area contributed by atoms with Gasteiger partial charge in [0.25, 0.3) is 0 Å². The molecule has 3 N–H and O–H groups in total. The van der Waals surface area contributed by atoms with Crippen molar-refractivity contribution < 1.29 is 4.74 Å². The molecule has 1 aromatic carbocycles. The second-order valence-corrected chi connectivity index (χ2v) is 5.44. The number of hydrogen-bond donors (Lipinski definition) is 2. The largest absolute Gasteiger partial charge is 0.388 e. The third-order valence-electron chi connectivity index (χ3n) is 2.73. The molecule has 0 aliphatic heterocycles. The van der Waals surface area contributed by atoms with Crippen LogP contribution in [0.1, 0.15) is 6.42 Å². The van der Waals surface area contributed by atoms with E-state index in [0.717, 1.165) is 25.4 Å². The Balaban J connectivity index is 2.28. The molecule has 0 radical (unpaired) electrons. The molecule has 0 saturated heterocycles. The summed E-state index contributed by atoms with van der Waals surface area (Å²) >= 11 is 1.85. The van der Waals surface area contributed by atoms with Gasteiger partial charge in [0.05, 0.1) is 12.4 Å². The first-order valence-electron chi connectivity index (χ1n) is 6.44. The van der Waals surface area contributed by atoms with Crippen molar-refractivity contribution in [2.24, 2.45) is 5.73 Å². The summed E-state index contributed by atoms with van der Waals surface area (Å²) in [4.78, 5) is 3.58. The lowest BCUT2D eigenvalue weighted by atomic mass is 10.3. The minimum absolute atomic E-state index is 0.248. The van der Waals surface area contributed by atoms with Gasteiger partial charge in [-0.05, 0) is 12.1 Å². The van der Waals surface area contributed by atoms with Crippen molar-refractivity contribution in [2.45, 2.75) is 11.3 Å². The summed E-state index contributed by atoms with van der Waals surface area (Å²) in [6, 6.07) is 10.4. The van der Waals surface area contributed by atoms with Crippen LogP contribution in [0, 0.1) is 5.41 Å². The Hall–Kier alpha value is -1.04. The van der Waals surface area contributed by atoms with E-state index in [-0.39, 0.29) is 5.84 Å². The van der Waals surface area contributed by atoms with E-state index in [1.165, 1.54) is 4.90 Å². The van der Waals surface area contributed by atoms with Crippen LogP contribution in [0.5, 0.6) is 0 Å². The van der Waals surface area contributed by atoms with Crippen LogP contribution in [0.25, 0.3) is 0 Å². The number of nitrogens with two attached hydrogens (primary N) is 1. The van der Waals surface area contributed by atoms with Crippen LogP contribution in [0.2, 0.25) is 0 Å². The predicted octanol–water partition coefficient (Wildman–Crippen LogP) is 2.05. The highest BCUT2D eigenvalue weighted by Gasteiger charge is 2.05. The summed E-state index contributed by atoms with van der Waals surface area (Å²) < 4.78 is 5.11. The van der Waals surface area contributed by atoms with Gasteiger partial charge in [0, 0.05) is 43.8 Å². The molecule has 0 aliphatic rings. The first-order valence-corrected chi connectivity index (χ1v) is 7.43. The molecule has 5 heteroatoms. The van der Waals surface area contributed by atoms with Crippen molar-refractivity contribution in [1.82, 2.24) is 4.90 Å². The van der Waals surface area contributed by atoms with Crippen molar-refractivity contribution in [3.63, 3.8) is 0 Å². The Bertz CT molecular complexity index is 359. The molecule has 0 fully saturated rings. The fourth-order valence-corrected chi connectivity index (χ4v) is 2.58. The third-order valence-corrected chi connectivity index (χ3v) is 3.72. The Morgan fingerprint density at radius 2 is 2.00 bits per heavy atom. The maximum Gasteiger partial charge on any atom is 0.0918 e. The van der Waals surface area contributed by atoms with Crippen LogP contribution in [-0.2, 0) is 4.74 Å². The lowest BCUT2D eigenvalue weighted by Crippen LogP contribution is -2.32. The number of amidine groups is 1. The second kappa shape index (κ2) is 9.83. The van der Waals surface area contributed by atoms with Crippen molar-refractivity contribution in [3.8, 4) is 0 Å². The van der Waals surface area contributed by atoms with Crippen LogP contribution in [-0.4, -0.2) is 49.8 Å². The van der Waals surface area contributed by atoms with E-state index < -0.39 is 0 Å². The Morgan fingerprint density at radius 3 is 2.63 bits per heavy atom. The van der Waals surface area contributed by atoms with Gasteiger partial charge in [-0.15, -0.1) is 11.8 Å². The number of hydrogen-bond acceptors (Lipinski definition) is 4. The van der Waals surface area contributed by atoms with Crippen LogP contribution in [0.4, 0.5) is 0 Å². The molecule has 106 valence electrons. The number of nitrogens with one attached hydrogen (secondary N) is 1. The minimum Gasteiger partial charge on any atom is -0.388 e. The average molecular weight is 281 g/mol. The van der Waals surface area contributed by atoms with E-state index in [1.807, 2.05) is 17.8 Å². The molecule has 19 heavy (non-hydrogen) atoms. The average Bonchev–Trinajstić information content (AvgIpc) is 2.42. The molecular formula is C14H23N3OS. The van der Waals surface area contributed by atoms with E-state index in [0.29, 0.717) is 13.0 Å². The molecule has 0 heterocycles. The summed E-state index contributed by atoms with van der Waals surface area (Å²) in [5, 5.41) is 7.29. The summed E-state index contributed by atoms with van der Waals surface area (Å²) in [5.41, 5.74) is 5.41. The Labute approximate surface area is 119 Å². The van der Waals surface area contributed by atoms with Gasteiger partial charge in [-0.3, -0.25) is 10.3 Å². The molecule has 0 atom stereocenters. The predicted molar refractivity (Wildman–Crippen MR) is 82.0 cm³/mol. The van der Waals surface area contributed by atoms with Crippen molar-refractivity contribution in [2.75, 3.05) is 39.1 Å². The van der Waals surface area contributed by atoms with Gasteiger partial charge in [-0.25, -0.2) is 0 Å². The number of ether oxygens (including phenoxy) is 1. The molecule has 0 spiro atoms. The first kappa shape index (κ1) is 16.0. The van der Waals surface area contributed by atoms with Crippen molar-refractivity contribution in [1.29, 1.82) is 5.41 Å². The van der Waals surface area contributed by atoms with Gasteiger partial charge < -0.3 is 10.5 Å². The first-order chi connectivity index (χ1) is 9.22. The number of methoxy groups -OCH3 is 1. The molecule has 0 amide bonds. The zero-order valence-electron chi connectivity index (χ0n) is 11.5. The van der Waals surface area contributed by atoms with Crippen LogP contribution < -0.4 is 5.73 Å². The van der Waals surface area contributed by atoms with Gasteiger partial charge in [-0.2, -0.15) is 0 Å². The van der Waals surface area contributed by atoms with Crippen molar-refractivity contribution in [3.05, 3.63) is 30.3 Å². The van der Waals surface area contributed by atoms with Gasteiger partial charge in [-0.1, -0.05) is 18.2 Å². The van der Waals surface area contributed by atoms with Crippen LogP contribution in [0.15, 0.2) is 35.2 Å². The zero-order chi connectivity index (χ0) is 13.9. The highest BCUT2D eigenvalue weighted by Crippen LogP contribution is 2.16. The topological polar surface area (TPSA) is 62.3 Å². The number of nitrogens with zero attached hydrogens (tertiary/aromatic N) is 1. The molecular weight excluding hydrogens is 258 g/mol. The highest BCUT2D eigenvalue weighted by atomic mass is 32.2. The van der Waals surface area contributed by atoms with Gasteiger partial charge >= 0.3 is 0 Å². The summed E-state index contributed by atoms with van der Waals surface area (Å²) in [5.74, 6) is 1.28. The lowest BCUT2D eigenvalue weighted by Gasteiger charge is -2.21. The molecule has 1 aromatic rings. The number of benzene rings is 1. The fraction of sp³-hybridized carbons (Fsp3) is 0.500. The number of rotatable bonds is 10. The van der Waals surface area contributed by atoms with E-state index >= 15 is 0 Å². The fourth-order valence-electron chi connectivity index (χ4n) is 1.64. The van der Waals surface area contributed by atoms with E-state index in [4.69, 9.17) is 15.9 Å². The maximum absolute atomic E-state index is 7.29. The van der Waals surface area contributed by atoms with Crippen LogP contribution in [0.3, 0.4) is 0 Å². The highest BCUT2D eigenvalue weighted by molar-refractivity contribution is 7.99. The normalized spacial score (nSPS) is 10.8. The summed E-state index contributed by atoms with van der Waals surface area (Å²) in [7, 11) is 1.71. The standard InChI is InChI=1S/C14H23N3OS/c1-18-11-9-17(8-7-14(15)16)10-12-19-13-5-3-2-4-6-13/h2-6H,7-12H2,1H3,(H3,15,16). The molecule has 0 saturated carbocycles. The number of thioether (sulfide) groups is 1. The molecule has 0 aliphatic carbocycles. The Kier molecular flexibility index (Phi) is 8.29. The smallest absolute Gasteiger partial charge is 0.0918 e. The molecule has 1 rings (SSSR count). The van der Waals surface area contributed by atoms with Crippen molar-refractivity contribution >= 4 is 17.6 Å². The van der Waals surface area contributed by atoms with Gasteiger partial charge in [0.1, 0.15) is 0 Å². The minimum atomic E-state index is 0.248. The second-order valence-electron chi connectivity index (χ2n) is 4.27. The van der Waals surface area contributed by atoms with Crippen LogP contribution >= 0.6 is 11.8 Å². The van der Waals surface area contributed by atoms with Gasteiger partial charge in [0.2, 0.25) is 0 Å². The SMILES string of the molecule is COCCN(CCSc1ccccc1)CCC(=N)N. The third kappa shape index (κ3) is 7.87. The van der Waals surface area contributed by atoms with E-state index in [2.05, 4.69) is 29.2 Å². The monoisotopic (exact) mass is 281 g/mol. The quantitative estimate of drug-likeness (QED) is 0.391. The lowest BCUT2D eigenvalue weighted by molar-refractivity contribution is 0.153. The van der Waals surface area contributed by atoms with E-state index in [9.17, 15) is 0 Å². The molecule has 0 bridgehead atoms. The zero-order valence-corrected chi connectivity index (χ0v) is 12.3. The maximum atomic E-state index is 7.29. The summed E-state index contributed by atoms with van der Waals surface area (Å²) in [6.07, 6.45) is 0.625.